The van der Waals surface area contributed by atoms with Gasteiger partial charge in [0.05, 0.1) is 11.4 Å². The van der Waals surface area contributed by atoms with Crippen LogP contribution >= 0.6 is 11.6 Å². The molecule has 26 heavy (non-hydrogen) atoms. The van der Waals surface area contributed by atoms with Gasteiger partial charge in [-0.25, -0.2) is 13.1 Å². The summed E-state index contributed by atoms with van der Waals surface area (Å²) in [6.07, 6.45) is 3.41. The molecule has 0 radical (unpaired) electrons. The Morgan fingerprint density at radius 3 is 2.77 bits per heavy atom. The number of sulfonamides is 1. The molecule has 0 aromatic heterocycles. The van der Waals surface area contributed by atoms with E-state index in [1.807, 2.05) is 6.07 Å². The number of fused-ring (bicyclic) bond motifs is 1. The van der Waals surface area contributed by atoms with Crippen molar-refractivity contribution in [1.29, 1.82) is 0 Å². The normalized spacial score (nSPS) is 14.3. The van der Waals surface area contributed by atoms with Crippen LogP contribution in [0.3, 0.4) is 0 Å². The summed E-state index contributed by atoms with van der Waals surface area (Å²) < 4.78 is 26.8. The third-order valence-electron chi connectivity index (χ3n) is 4.16. The average Bonchev–Trinajstić information content (AvgIpc) is 3.06. The molecule has 0 atom stereocenters. The van der Waals surface area contributed by atoms with Crippen molar-refractivity contribution in [2.24, 2.45) is 10.7 Å². The lowest BCUT2D eigenvalue weighted by molar-refractivity contribution is 0.582. The lowest BCUT2D eigenvalue weighted by Gasteiger charge is -2.09. The number of hydrogen-bond acceptors (Lipinski definition) is 3. The summed E-state index contributed by atoms with van der Waals surface area (Å²) in [5, 5.41) is 3.41. The highest BCUT2D eigenvalue weighted by Gasteiger charge is 2.13. The second-order valence-electron chi connectivity index (χ2n) is 6.08. The summed E-state index contributed by atoms with van der Waals surface area (Å²) >= 11 is 5.83. The second kappa shape index (κ2) is 8.07. The number of anilines is 1. The van der Waals surface area contributed by atoms with E-state index in [1.54, 1.807) is 12.1 Å². The van der Waals surface area contributed by atoms with Crippen molar-refractivity contribution in [3.05, 3.63) is 58.6 Å². The van der Waals surface area contributed by atoms with Gasteiger partial charge in [-0.2, -0.15) is 0 Å². The fourth-order valence-corrected chi connectivity index (χ4v) is 4.23. The first-order valence-electron chi connectivity index (χ1n) is 8.38. The number of nitrogens with two attached hydrogens (primary N) is 1. The summed E-state index contributed by atoms with van der Waals surface area (Å²) in [6.45, 7) is 0.366. The van der Waals surface area contributed by atoms with Gasteiger partial charge in [0.1, 0.15) is 0 Å². The van der Waals surface area contributed by atoms with E-state index in [9.17, 15) is 8.42 Å². The van der Waals surface area contributed by atoms with Gasteiger partial charge in [-0.3, -0.25) is 4.99 Å². The Balaban J connectivity index is 1.52. The Bertz CT molecular complexity index is 929. The zero-order valence-electron chi connectivity index (χ0n) is 14.2. The van der Waals surface area contributed by atoms with E-state index >= 15 is 0 Å². The Hall–Kier alpha value is -2.09. The van der Waals surface area contributed by atoms with Crippen LogP contribution in [-0.2, 0) is 22.9 Å². The van der Waals surface area contributed by atoms with Gasteiger partial charge in [0.25, 0.3) is 0 Å². The lowest BCUT2D eigenvalue weighted by atomic mass is 10.1. The van der Waals surface area contributed by atoms with E-state index in [0.717, 1.165) is 18.5 Å². The van der Waals surface area contributed by atoms with Gasteiger partial charge in [0, 0.05) is 17.3 Å². The van der Waals surface area contributed by atoms with Gasteiger partial charge >= 0.3 is 0 Å². The average molecular weight is 393 g/mol. The molecule has 2 aromatic rings. The number of aliphatic imine (C=N–C) groups is 1. The highest BCUT2D eigenvalue weighted by Crippen LogP contribution is 2.24. The summed E-state index contributed by atoms with van der Waals surface area (Å²) in [7, 11) is -3.61. The number of nitrogens with zero attached hydrogens (tertiary/aromatic N) is 1. The van der Waals surface area contributed by atoms with Crippen molar-refractivity contribution in [2.45, 2.75) is 24.2 Å². The van der Waals surface area contributed by atoms with Gasteiger partial charge in [-0.15, -0.1) is 0 Å². The molecule has 0 bridgehead atoms. The fourth-order valence-electron chi connectivity index (χ4n) is 2.91. The molecular formula is C18H21ClN4O2S. The molecule has 138 valence electrons. The minimum Gasteiger partial charge on any atom is -0.370 e. The molecule has 0 heterocycles. The topological polar surface area (TPSA) is 96.6 Å². The Morgan fingerprint density at radius 1 is 1.15 bits per heavy atom. The Morgan fingerprint density at radius 2 is 1.96 bits per heavy atom. The number of aryl methyl sites for hydroxylation is 2. The van der Waals surface area contributed by atoms with Crippen LogP contribution in [0.2, 0.25) is 5.02 Å². The number of nitrogens with one attached hydrogen (secondary N) is 2. The summed E-state index contributed by atoms with van der Waals surface area (Å²) in [6, 6.07) is 12.3. The van der Waals surface area contributed by atoms with Crippen LogP contribution in [0, 0.1) is 0 Å². The molecule has 8 heteroatoms. The maximum atomic E-state index is 12.2. The van der Waals surface area contributed by atoms with Crippen LogP contribution in [0.5, 0.6) is 0 Å². The number of hydrogen-bond donors (Lipinski definition) is 3. The minimum atomic E-state index is -3.61. The standard InChI is InChI=1S/C18H21ClN4O2S/c19-15-5-2-6-17(12-15)26(24,25)22-10-9-21-18(20)23-16-8-7-13-3-1-4-14(13)11-16/h2,5-8,11-12,22H,1,3-4,9-10H2,(H3,20,21,23). The first-order valence-corrected chi connectivity index (χ1v) is 10.2. The summed E-state index contributed by atoms with van der Waals surface area (Å²) in [5.41, 5.74) is 9.51. The van der Waals surface area contributed by atoms with Crippen LogP contribution in [0.15, 0.2) is 52.4 Å². The summed E-state index contributed by atoms with van der Waals surface area (Å²) in [5.74, 6) is 0.255. The first kappa shape index (κ1) is 18.7. The monoisotopic (exact) mass is 392 g/mol. The van der Waals surface area contributed by atoms with E-state index in [0.29, 0.717) is 5.02 Å². The molecule has 3 rings (SSSR count). The van der Waals surface area contributed by atoms with Crippen LogP contribution < -0.4 is 15.8 Å². The van der Waals surface area contributed by atoms with Gasteiger partial charge in [0.15, 0.2) is 5.96 Å². The van der Waals surface area contributed by atoms with Gasteiger partial charge in [-0.05, 0) is 60.7 Å². The van der Waals surface area contributed by atoms with Crippen molar-refractivity contribution < 1.29 is 8.42 Å². The van der Waals surface area contributed by atoms with E-state index < -0.39 is 10.0 Å². The molecule has 0 aliphatic heterocycles. The zero-order valence-corrected chi connectivity index (χ0v) is 15.8. The SMILES string of the molecule is NC(=NCCNS(=O)(=O)c1cccc(Cl)c1)Nc1ccc2c(c1)CCC2. The molecular weight excluding hydrogens is 372 g/mol. The molecule has 0 saturated carbocycles. The van der Waals surface area contributed by atoms with Crippen LogP contribution in [0.4, 0.5) is 5.69 Å². The highest BCUT2D eigenvalue weighted by molar-refractivity contribution is 7.89. The Labute approximate surface area is 158 Å². The molecule has 2 aromatic carbocycles. The van der Waals surface area contributed by atoms with Crippen molar-refractivity contribution in [3.63, 3.8) is 0 Å². The molecule has 4 N–H and O–H groups in total. The molecule has 0 saturated heterocycles. The largest absolute Gasteiger partial charge is 0.370 e. The third-order valence-corrected chi connectivity index (χ3v) is 5.86. The first-order chi connectivity index (χ1) is 12.4. The van der Waals surface area contributed by atoms with Crippen LogP contribution in [0.1, 0.15) is 17.5 Å². The number of guanidine groups is 1. The molecule has 6 nitrogen and oxygen atoms in total. The van der Waals surface area contributed by atoms with E-state index in [1.165, 1.54) is 29.7 Å². The van der Waals surface area contributed by atoms with E-state index in [4.69, 9.17) is 17.3 Å². The quantitative estimate of drug-likeness (QED) is 0.400. The van der Waals surface area contributed by atoms with Crippen molar-refractivity contribution in [3.8, 4) is 0 Å². The van der Waals surface area contributed by atoms with Crippen LogP contribution in [-0.4, -0.2) is 27.5 Å². The lowest BCUT2D eigenvalue weighted by Crippen LogP contribution is -2.28. The smallest absolute Gasteiger partial charge is 0.240 e. The van der Waals surface area contributed by atoms with Gasteiger partial charge < -0.3 is 11.1 Å². The number of halogens is 1. The van der Waals surface area contributed by atoms with Gasteiger partial charge in [-0.1, -0.05) is 23.7 Å². The minimum absolute atomic E-state index is 0.123. The van der Waals surface area contributed by atoms with Gasteiger partial charge in [0.2, 0.25) is 10.0 Å². The molecule has 0 unspecified atom stereocenters. The van der Waals surface area contributed by atoms with E-state index in [-0.39, 0.29) is 23.9 Å². The predicted octanol–water partition coefficient (Wildman–Crippen LogP) is 2.53. The molecule has 0 fully saturated rings. The molecule has 1 aliphatic carbocycles. The molecule has 1 aliphatic rings. The van der Waals surface area contributed by atoms with Crippen LogP contribution in [0.25, 0.3) is 0 Å². The number of rotatable bonds is 6. The second-order valence-corrected chi connectivity index (χ2v) is 8.29. The zero-order chi connectivity index (χ0) is 18.6. The highest BCUT2D eigenvalue weighted by atomic mass is 35.5. The maximum absolute atomic E-state index is 12.2. The summed E-state index contributed by atoms with van der Waals surface area (Å²) in [4.78, 5) is 4.28. The Kier molecular flexibility index (Phi) is 5.80. The molecule has 0 amide bonds. The van der Waals surface area contributed by atoms with Crippen molar-refractivity contribution in [1.82, 2.24) is 4.72 Å². The van der Waals surface area contributed by atoms with Crippen molar-refractivity contribution >= 4 is 33.3 Å². The fraction of sp³-hybridized carbons (Fsp3) is 0.278. The predicted molar refractivity (Wildman–Crippen MR) is 105 cm³/mol. The number of benzene rings is 2. The van der Waals surface area contributed by atoms with Crippen molar-refractivity contribution in [2.75, 3.05) is 18.4 Å². The third kappa shape index (κ3) is 4.75. The molecule has 0 spiro atoms. The van der Waals surface area contributed by atoms with E-state index in [2.05, 4.69) is 27.2 Å². The maximum Gasteiger partial charge on any atom is 0.240 e.